The third-order valence-corrected chi connectivity index (χ3v) is 6.25. The molecular formula is C17H22N4O3S2. The Morgan fingerprint density at radius 1 is 1.38 bits per heavy atom. The van der Waals surface area contributed by atoms with E-state index in [2.05, 4.69) is 29.4 Å². The Bertz CT molecular complexity index is 937. The highest BCUT2D eigenvalue weighted by Crippen LogP contribution is 2.34. The minimum atomic E-state index is -3.34. The summed E-state index contributed by atoms with van der Waals surface area (Å²) in [6, 6.07) is 4.93. The van der Waals surface area contributed by atoms with E-state index in [0.29, 0.717) is 28.7 Å². The molecule has 0 saturated heterocycles. The van der Waals surface area contributed by atoms with E-state index in [0.717, 1.165) is 17.0 Å². The van der Waals surface area contributed by atoms with Gasteiger partial charge in [0.15, 0.2) is 0 Å². The number of benzene rings is 1. The van der Waals surface area contributed by atoms with Gasteiger partial charge in [0.1, 0.15) is 5.01 Å². The molecule has 0 spiro atoms. The number of nitrogens with one attached hydrogen (secondary N) is 1. The van der Waals surface area contributed by atoms with E-state index in [9.17, 15) is 13.2 Å². The number of fused-ring (bicyclic) bond motifs is 1. The summed E-state index contributed by atoms with van der Waals surface area (Å²) in [6.07, 6.45) is 2.61. The fraction of sp³-hybridized carbons (Fsp3) is 0.471. The molecule has 140 valence electrons. The van der Waals surface area contributed by atoms with Gasteiger partial charge in [-0.25, -0.2) is 8.42 Å². The quantitative estimate of drug-likeness (QED) is 0.842. The third kappa shape index (κ3) is 3.88. The van der Waals surface area contributed by atoms with Gasteiger partial charge in [-0.3, -0.25) is 14.4 Å². The molecule has 1 aromatic carbocycles. The van der Waals surface area contributed by atoms with Crippen molar-refractivity contribution in [3.05, 3.63) is 34.3 Å². The van der Waals surface area contributed by atoms with Crippen LogP contribution in [0, 0.1) is 5.92 Å². The van der Waals surface area contributed by atoms with Crippen molar-refractivity contribution in [2.24, 2.45) is 5.92 Å². The molecule has 26 heavy (non-hydrogen) atoms. The Labute approximate surface area is 157 Å². The molecule has 1 unspecified atom stereocenters. The fourth-order valence-electron chi connectivity index (χ4n) is 3.15. The number of amides is 1. The molecule has 1 aliphatic rings. The van der Waals surface area contributed by atoms with Crippen LogP contribution < -0.4 is 9.62 Å². The molecule has 0 aliphatic carbocycles. The average Bonchev–Trinajstić information content (AvgIpc) is 3.07. The highest BCUT2D eigenvalue weighted by Gasteiger charge is 2.32. The minimum absolute atomic E-state index is 0.153. The van der Waals surface area contributed by atoms with Crippen molar-refractivity contribution < 1.29 is 13.2 Å². The van der Waals surface area contributed by atoms with Gasteiger partial charge >= 0.3 is 0 Å². The van der Waals surface area contributed by atoms with Crippen LogP contribution in [0.2, 0.25) is 0 Å². The van der Waals surface area contributed by atoms with Crippen LogP contribution >= 0.6 is 11.3 Å². The summed E-state index contributed by atoms with van der Waals surface area (Å²) < 4.78 is 25.4. The summed E-state index contributed by atoms with van der Waals surface area (Å²) in [5.41, 5.74) is 1.98. The number of hydrogen-bond acceptors (Lipinski definition) is 6. The van der Waals surface area contributed by atoms with Crippen molar-refractivity contribution in [2.45, 2.75) is 39.7 Å². The first-order valence-corrected chi connectivity index (χ1v) is 11.1. The van der Waals surface area contributed by atoms with Gasteiger partial charge in [-0.1, -0.05) is 25.2 Å². The summed E-state index contributed by atoms with van der Waals surface area (Å²) in [5.74, 6) is 0.202. The molecule has 1 aliphatic heterocycles. The second kappa shape index (κ2) is 6.96. The minimum Gasteiger partial charge on any atom is -0.296 e. The maximum absolute atomic E-state index is 12.5. The lowest BCUT2D eigenvalue weighted by molar-refractivity contribution is 0.102. The van der Waals surface area contributed by atoms with Crippen molar-refractivity contribution in [2.75, 3.05) is 15.9 Å². The van der Waals surface area contributed by atoms with E-state index in [4.69, 9.17) is 0 Å². The van der Waals surface area contributed by atoms with E-state index in [1.807, 2.05) is 6.92 Å². The summed E-state index contributed by atoms with van der Waals surface area (Å²) in [6.45, 7) is 6.06. The van der Waals surface area contributed by atoms with E-state index < -0.39 is 10.0 Å². The Hall–Kier alpha value is -2.00. The molecular weight excluding hydrogens is 372 g/mol. The van der Waals surface area contributed by atoms with Crippen molar-refractivity contribution in [3.63, 3.8) is 0 Å². The smallest absolute Gasteiger partial charge is 0.257 e. The normalized spacial score (nSPS) is 16.8. The third-order valence-electron chi connectivity index (χ3n) is 4.12. The number of carbonyl (C=O) groups excluding carboxylic acids is 1. The van der Waals surface area contributed by atoms with Gasteiger partial charge in [0.05, 0.1) is 11.9 Å². The Balaban J connectivity index is 1.78. The molecule has 0 radical (unpaired) electrons. The maximum atomic E-state index is 12.5. The molecule has 2 heterocycles. The van der Waals surface area contributed by atoms with Crippen LogP contribution in [-0.4, -0.2) is 36.8 Å². The SMILES string of the molecule is CC(C)Cc1nnc(NC(=O)c2ccc3c(c2)CC(C)N3S(C)(=O)=O)s1. The molecule has 0 saturated carbocycles. The molecule has 1 aromatic heterocycles. The summed E-state index contributed by atoms with van der Waals surface area (Å²) in [7, 11) is -3.34. The molecule has 1 atom stereocenters. The highest BCUT2D eigenvalue weighted by atomic mass is 32.2. The van der Waals surface area contributed by atoms with Gasteiger partial charge < -0.3 is 0 Å². The van der Waals surface area contributed by atoms with Crippen molar-refractivity contribution in [1.82, 2.24) is 10.2 Å². The van der Waals surface area contributed by atoms with Gasteiger partial charge in [0.25, 0.3) is 5.91 Å². The molecule has 0 bridgehead atoms. The maximum Gasteiger partial charge on any atom is 0.257 e. The number of aromatic nitrogens is 2. The van der Waals surface area contributed by atoms with Gasteiger partial charge in [-0.2, -0.15) is 0 Å². The monoisotopic (exact) mass is 394 g/mol. The predicted molar refractivity (Wildman–Crippen MR) is 103 cm³/mol. The standard InChI is InChI=1S/C17H22N4O3S2/c1-10(2)7-15-19-20-17(25-15)18-16(22)12-5-6-14-13(9-12)8-11(3)21(14)26(4,23)24/h5-6,9-11H,7-8H2,1-4H3,(H,18,20,22). The Morgan fingerprint density at radius 2 is 2.12 bits per heavy atom. The van der Waals surface area contributed by atoms with Crippen LogP contribution in [0.5, 0.6) is 0 Å². The van der Waals surface area contributed by atoms with Crippen molar-refractivity contribution >= 4 is 38.1 Å². The zero-order valence-electron chi connectivity index (χ0n) is 15.2. The fourth-order valence-corrected chi connectivity index (χ4v) is 5.37. The number of hydrogen-bond donors (Lipinski definition) is 1. The Morgan fingerprint density at radius 3 is 2.77 bits per heavy atom. The molecule has 0 fully saturated rings. The van der Waals surface area contributed by atoms with Crippen LogP contribution in [0.3, 0.4) is 0 Å². The zero-order chi connectivity index (χ0) is 19.1. The number of sulfonamides is 1. The highest BCUT2D eigenvalue weighted by molar-refractivity contribution is 7.92. The number of rotatable bonds is 5. The first-order chi connectivity index (χ1) is 12.1. The second-order valence-electron chi connectivity index (χ2n) is 7.01. The number of anilines is 2. The lowest BCUT2D eigenvalue weighted by atomic mass is 10.1. The molecule has 3 rings (SSSR count). The topological polar surface area (TPSA) is 92.3 Å². The van der Waals surface area contributed by atoms with Crippen LogP contribution in [0.4, 0.5) is 10.8 Å². The number of carbonyl (C=O) groups is 1. The summed E-state index contributed by atoms with van der Waals surface area (Å²) >= 11 is 1.37. The number of nitrogens with zero attached hydrogens (tertiary/aromatic N) is 3. The molecule has 1 amide bonds. The lowest BCUT2D eigenvalue weighted by Crippen LogP contribution is -2.34. The van der Waals surface area contributed by atoms with Crippen molar-refractivity contribution in [3.8, 4) is 0 Å². The largest absolute Gasteiger partial charge is 0.296 e. The van der Waals surface area contributed by atoms with Crippen LogP contribution in [0.15, 0.2) is 18.2 Å². The molecule has 1 N–H and O–H groups in total. The lowest BCUT2D eigenvalue weighted by Gasteiger charge is -2.21. The first-order valence-electron chi connectivity index (χ1n) is 8.41. The molecule has 9 heteroatoms. The van der Waals surface area contributed by atoms with Crippen LogP contribution in [0.25, 0.3) is 0 Å². The average molecular weight is 395 g/mol. The van der Waals surface area contributed by atoms with Gasteiger partial charge in [0.2, 0.25) is 15.2 Å². The van der Waals surface area contributed by atoms with Crippen molar-refractivity contribution in [1.29, 1.82) is 0 Å². The van der Waals surface area contributed by atoms with Gasteiger partial charge in [-0.05, 0) is 43.0 Å². The predicted octanol–water partition coefficient (Wildman–Crippen LogP) is 2.70. The van der Waals surface area contributed by atoms with E-state index in [1.54, 1.807) is 18.2 Å². The van der Waals surface area contributed by atoms with Gasteiger partial charge in [0, 0.05) is 18.0 Å². The molecule has 2 aromatic rings. The van der Waals surface area contributed by atoms with Crippen LogP contribution in [-0.2, 0) is 22.9 Å². The zero-order valence-corrected chi connectivity index (χ0v) is 16.8. The first kappa shape index (κ1) is 18.8. The van der Waals surface area contributed by atoms with Gasteiger partial charge in [-0.15, -0.1) is 10.2 Å². The van der Waals surface area contributed by atoms with E-state index in [1.165, 1.54) is 21.9 Å². The van der Waals surface area contributed by atoms with E-state index in [-0.39, 0.29) is 11.9 Å². The summed E-state index contributed by atoms with van der Waals surface area (Å²) in [5, 5.41) is 12.2. The Kier molecular flexibility index (Phi) is 5.03. The molecule has 7 nitrogen and oxygen atoms in total. The second-order valence-corrected chi connectivity index (χ2v) is 9.93. The summed E-state index contributed by atoms with van der Waals surface area (Å²) in [4.78, 5) is 12.5. The van der Waals surface area contributed by atoms with E-state index >= 15 is 0 Å². The van der Waals surface area contributed by atoms with Crippen LogP contribution in [0.1, 0.15) is 41.7 Å².